The van der Waals surface area contributed by atoms with Crippen molar-refractivity contribution in [3.8, 4) is 0 Å². The first kappa shape index (κ1) is 34.4. The van der Waals surface area contributed by atoms with Gasteiger partial charge in [0.2, 0.25) is 0 Å². The molecule has 2 fully saturated rings. The number of hydrogen-bond donors (Lipinski definition) is 1. The summed E-state index contributed by atoms with van der Waals surface area (Å²) in [5.74, 6) is -1.97. The molecule has 2 unspecified atom stereocenters. The van der Waals surface area contributed by atoms with E-state index >= 15 is 0 Å². The molecule has 1 amide bonds. The van der Waals surface area contributed by atoms with Crippen molar-refractivity contribution in [3.05, 3.63) is 69.5 Å². The first-order valence-electron chi connectivity index (χ1n) is 12.2. The smallest absolute Gasteiger partial charge is 0.338 e. The van der Waals surface area contributed by atoms with E-state index in [9.17, 15) is 35.5 Å². The number of alkyl halides is 6. The van der Waals surface area contributed by atoms with Crippen LogP contribution in [0.1, 0.15) is 52.2 Å². The topological polar surface area (TPSA) is 35.6 Å². The molecule has 0 saturated carbocycles. The number of amides is 1. The third-order valence-corrected chi connectivity index (χ3v) is 7.75. The molecule has 2 heterocycles. The average molecular weight is 639 g/mol. The van der Waals surface area contributed by atoms with Gasteiger partial charge in [-0.15, -0.1) is 24.8 Å². The molecule has 2 saturated heterocycles. The van der Waals surface area contributed by atoms with Gasteiger partial charge in [-0.1, -0.05) is 17.7 Å². The molecule has 2 aliphatic heterocycles. The van der Waals surface area contributed by atoms with Gasteiger partial charge in [-0.05, 0) is 68.2 Å². The minimum Gasteiger partial charge on any atom is -0.338 e. The number of nitrogens with zero attached hydrogens (tertiary/aromatic N) is 2. The Kier molecular flexibility index (Phi) is 11.6. The summed E-state index contributed by atoms with van der Waals surface area (Å²) in [7, 11) is 1.37. The van der Waals surface area contributed by atoms with Gasteiger partial charge >= 0.3 is 12.4 Å². The van der Waals surface area contributed by atoms with Crippen molar-refractivity contribution < 1.29 is 35.5 Å². The zero-order valence-corrected chi connectivity index (χ0v) is 23.7. The van der Waals surface area contributed by atoms with Crippen molar-refractivity contribution in [2.24, 2.45) is 0 Å². The maximum Gasteiger partial charge on any atom is 0.416 e. The van der Waals surface area contributed by atoms with Crippen LogP contribution >= 0.6 is 36.4 Å². The van der Waals surface area contributed by atoms with Crippen LogP contribution in [0.4, 0.5) is 30.7 Å². The molecule has 0 aliphatic carbocycles. The number of benzene rings is 2. The fourth-order valence-electron chi connectivity index (χ4n) is 5.44. The Hall–Kier alpha value is -1.79. The van der Waals surface area contributed by atoms with E-state index in [0.29, 0.717) is 37.2 Å². The van der Waals surface area contributed by atoms with E-state index in [4.69, 9.17) is 11.6 Å². The Morgan fingerprint density at radius 1 is 0.950 bits per heavy atom. The van der Waals surface area contributed by atoms with Crippen molar-refractivity contribution >= 4 is 42.3 Å². The van der Waals surface area contributed by atoms with Crippen LogP contribution in [0.3, 0.4) is 0 Å². The Morgan fingerprint density at radius 2 is 1.52 bits per heavy atom. The van der Waals surface area contributed by atoms with Crippen molar-refractivity contribution in [2.75, 3.05) is 33.2 Å². The number of piperidine rings is 2. The molecule has 2 aromatic rings. The first-order valence-corrected chi connectivity index (χ1v) is 12.6. The standard InChI is InChI=1S/C26H27ClF7N3O.2ClH/c1-36(24(38)16-10-17(25(29,30)31)13-18(11-16)26(32,33)34)23-6-9-37(19-4-7-35-8-5-19)14-20(23)15-2-3-22(28)21(27)12-15;;/h2-3,10-13,19-20,23,35H,4-9,14H2,1H3;2*1H. The summed E-state index contributed by atoms with van der Waals surface area (Å²) in [5.41, 5.74) is -3.16. The van der Waals surface area contributed by atoms with E-state index in [1.54, 1.807) is 6.07 Å². The van der Waals surface area contributed by atoms with Crippen molar-refractivity contribution in [1.82, 2.24) is 15.1 Å². The van der Waals surface area contributed by atoms with Crippen molar-refractivity contribution in [2.45, 2.75) is 49.6 Å². The number of halogens is 10. The van der Waals surface area contributed by atoms with Crippen LogP contribution in [-0.2, 0) is 12.4 Å². The number of rotatable bonds is 4. The maximum atomic E-state index is 13.9. The first-order chi connectivity index (χ1) is 17.8. The largest absolute Gasteiger partial charge is 0.416 e. The molecule has 4 rings (SSSR count). The normalized spacial score (nSPS) is 20.8. The van der Waals surface area contributed by atoms with Crippen LogP contribution in [0.25, 0.3) is 0 Å². The predicted molar refractivity (Wildman–Crippen MR) is 143 cm³/mol. The molecule has 224 valence electrons. The molecule has 2 atom stereocenters. The number of nitrogens with one attached hydrogen (secondary N) is 1. The molecule has 0 bridgehead atoms. The van der Waals surface area contributed by atoms with Crippen molar-refractivity contribution in [3.63, 3.8) is 0 Å². The van der Waals surface area contributed by atoms with Gasteiger partial charge in [0.15, 0.2) is 0 Å². The highest BCUT2D eigenvalue weighted by molar-refractivity contribution is 6.30. The molecule has 1 N–H and O–H groups in total. The van der Waals surface area contributed by atoms with Crippen LogP contribution in [0.2, 0.25) is 5.02 Å². The number of likely N-dealkylation sites (tertiary alicyclic amines) is 1. The van der Waals surface area contributed by atoms with E-state index in [0.717, 1.165) is 25.9 Å². The Labute approximate surface area is 245 Å². The molecule has 2 aromatic carbocycles. The second-order valence-corrected chi connectivity index (χ2v) is 10.2. The zero-order valence-electron chi connectivity index (χ0n) is 21.3. The quantitative estimate of drug-likeness (QED) is 0.365. The lowest BCUT2D eigenvalue weighted by molar-refractivity contribution is -0.143. The van der Waals surface area contributed by atoms with Crippen LogP contribution in [0.15, 0.2) is 36.4 Å². The lowest BCUT2D eigenvalue weighted by atomic mass is 9.83. The fourth-order valence-corrected chi connectivity index (χ4v) is 5.62. The second-order valence-electron chi connectivity index (χ2n) is 9.82. The molecule has 0 aromatic heterocycles. The summed E-state index contributed by atoms with van der Waals surface area (Å²) >= 11 is 6.03. The molecular weight excluding hydrogens is 610 g/mol. The van der Waals surface area contributed by atoms with E-state index in [1.165, 1.54) is 24.1 Å². The highest BCUT2D eigenvalue weighted by Gasteiger charge is 2.40. The van der Waals surface area contributed by atoms with E-state index in [-0.39, 0.29) is 41.9 Å². The minimum absolute atomic E-state index is 0. The van der Waals surface area contributed by atoms with E-state index < -0.39 is 52.7 Å². The summed E-state index contributed by atoms with van der Waals surface area (Å²) in [4.78, 5) is 16.9. The zero-order chi connectivity index (χ0) is 27.8. The molecule has 0 spiro atoms. The van der Waals surface area contributed by atoms with Crippen molar-refractivity contribution in [1.29, 1.82) is 0 Å². The van der Waals surface area contributed by atoms with Gasteiger partial charge in [-0.25, -0.2) is 4.39 Å². The third kappa shape index (κ3) is 7.73. The lowest BCUT2D eigenvalue weighted by Crippen LogP contribution is -2.54. The maximum absolute atomic E-state index is 13.9. The number of carbonyl (C=O) groups excluding carboxylic acids is 1. The van der Waals surface area contributed by atoms with Gasteiger partial charge < -0.3 is 10.2 Å². The summed E-state index contributed by atoms with van der Waals surface area (Å²) < 4.78 is 94.2. The lowest BCUT2D eigenvalue weighted by Gasteiger charge is -2.46. The number of carbonyl (C=O) groups is 1. The SMILES string of the molecule is CN(C(=O)c1cc(C(F)(F)F)cc(C(F)(F)F)c1)C1CCN(C2CCNCC2)CC1c1ccc(F)c(Cl)c1.Cl.Cl. The Morgan fingerprint density at radius 3 is 2.05 bits per heavy atom. The molecular formula is C26H29Cl3F7N3O. The molecule has 14 heteroatoms. The fraction of sp³-hybridized carbons (Fsp3) is 0.500. The van der Waals surface area contributed by atoms with Gasteiger partial charge in [-0.3, -0.25) is 9.69 Å². The molecule has 4 nitrogen and oxygen atoms in total. The summed E-state index contributed by atoms with van der Waals surface area (Å²) in [6, 6.07) is 4.84. The highest BCUT2D eigenvalue weighted by atomic mass is 35.5. The van der Waals surface area contributed by atoms with Gasteiger partial charge in [-0.2, -0.15) is 26.3 Å². The van der Waals surface area contributed by atoms with Gasteiger partial charge in [0, 0.05) is 43.7 Å². The molecule has 0 radical (unpaired) electrons. The highest BCUT2D eigenvalue weighted by Crippen LogP contribution is 2.38. The van der Waals surface area contributed by atoms with Gasteiger partial charge in [0.1, 0.15) is 5.82 Å². The van der Waals surface area contributed by atoms with Gasteiger partial charge in [0.05, 0.1) is 16.1 Å². The van der Waals surface area contributed by atoms with E-state index in [1.807, 2.05) is 0 Å². The summed E-state index contributed by atoms with van der Waals surface area (Å²) in [6.45, 7) is 2.78. The number of likely N-dealkylation sites (N-methyl/N-ethyl adjacent to an activating group) is 1. The molecule has 40 heavy (non-hydrogen) atoms. The average Bonchev–Trinajstić information content (AvgIpc) is 2.88. The van der Waals surface area contributed by atoms with Crippen LogP contribution in [0.5, 0.6) is 0 Å². The minimum atomic E-state index is -5.07. The summed E-state index contributed by atoms with van der Waals surface area (Å²) in [6.07, 6.45) is -7.87. The van der Waals surface area contributed by atoms with Crippen LogP contribution < -0.4 is 5.32 Å². The van der Waals surface area contributed by atoms with Crippen LogP contribution in [0, 0.1) is 5.82 Å². The monoisotopic (exact) mass is 637 g/mol. The van der Waals surface area contributed by atoms with E-state index in [2.05, 4.69) is 10.2 Å². The number of hydrogen-bond acceptors (Lipinski definition) is 3. The Bertz CT molecular complexity index is 1140. The van der Waals surface area contributed by atoms with Gasteiger partial charge in [0.25, 0.3) is 5.91 Å². The van der Waals surface area contributed by atoms with Crippen LogP contribution in [-0.4, -0.2) is 61.0 Å². The third-order valence-electron chi connectivity index (χ3n) is 7.46. The summed E-state index contributed by atoms with van der Waals surface area (Å²) in [5, 5.41) is 3.19. The Balaban J connectivity index is 0.00000280. The second kappa shape index (κ2) is 13.5. The molecule has 2 aliphatic rings. The predicted octanol–water partition coefficient (Wildman–Crippen LogP) is 7.04.